The lowest BCUT2D eigenvalue weighted by Gasteiger charge is -2.28. The van der Waals surface area contributed by atoms with Gasteiger partial charge in [0.15, 0.2) is 5.66 Å². The van der Waals surface area contributed by atoms with Gasteiger partial charge in [0.2, 0.25) is 11.8 Å². The van der Waals surface area contributed by atoms with Crippen LogP contribution < -0.4 is 17.2 Å². The van der Waals surface area contributed by atoms with Crippen LogP contribution in [0, 0.1) is 5.92 Å². The van der Waals surface area contributed by atoms with Crippen LogP contribution in [0.15, 0.2) is 0 Å². The zero-order chi connectivity index (χ0) is 16.5. The van der Waals surface area contributed by atoms with E-state index in [1.54, 1.807) is 13.8 Å². The Labute approximate surface area is 125 Å². The molecule has 0 heterocycles. The number of nitrogens with two attached hydrogens (primary N) is 3. The van der Waals surface area contributed by atoms with Crippen molar-refractivity contribution in [3.63, 3.8) is 0 Å². The van der Waals surface area contributed by atoms with Crippen LogP contribution in [-0.4, -0.2) is 37.2 Å². The Morgan fingerprint density at radius 3 is 1.90 bits per heavy atom. The lowest BCUT2D eigenvalue weighted by molar-refractivity contribution is -0.127. The normalized spacial score (nSPS) is 14.6. The molecule has 6 N–H and O–H groups in total. The quantitative estimate of drug-likeness (QED) is 0.348. The van der Waals surface area contributed by atoms with E-state index in [1.807, 2.05) is 0 Å². The lowest BCUT2D eigenvalue weighted by Crippen LogP contribution is -2.42. The fraction of sp³-hybridized carbons (Fsp3) is 0.833. The molecule has 2 amide bonds. The number of unbranched alkanes of at least 4 members (excludes halogenated alkanes) is 1. The molecule has 0 aliphatic carbocycles. The molecule has 2 atom stereocenters. The molecule has 2 unspecified atom stereocenters. The van der Waals surface area contributed by atoms with Crippen LogP contribution in [0.5, 0.6) is 0 Å². The van der Waals surface area contributed by atoms with Crippen LogP contribution in [0.4, 0.5) is 0 Å². The fourth-order valence-corrected chi connectivity index (χ4v) is 4.26. The Morgan fingerprint density at radius 2 is 1.57 bits per heavy atom. The van der Waals surface area contributed by atoms with E-state index < -0.39 is 31.0 Å². The second-order valence-electron chi connectivity index (χ2n) is 4.52. The number of carbonyl (C=O) groups is 2. The van der Waals surface area contributed by atoms with E-state index in [0.717, 1.165) is 0 Å². The summed E-state index contributed by atoms with van der Waals surface area (Å²) in [6.07, 6.45) is 1.47. The molecule has 124 valence electrons. The summed E-state index contributed by atoms with van der Waals surface area (Å²) in [5, 5.41) is 0. The molecule has 0 saturated heterocycles. The van der Waals surface area contributed by atoms with Gasteiger partial charge < -0.3 is 26.2 Å². The van der Waals surface area contributed by atoms with Crippen LogP contribution in [0.1, 0.15) is 33.1 Å². The molecule has 0 aliphatic rings. The summed E-state index contributed by atoms with van der Waals surface area (Å²) in [5.41, 5.74) is 14.7. The molecule has 0 saturated carbocycles. The third-order valence-electron chi connectivity index (χ3n) is 2.97. The molecule has 8 nitrogen and oxygen atoms in total. The van der Waals surface area contributed by atoms with Crippen LogP contribution >= 0.6 is 7.60 Å². The highest BCUT2D eigenvalue weighted by Gasteiger charge is 2.47. The topological polar surface area (TPSA) is 148 Å². The molecule has 0 spiro atoms. The maximum absolute atomic E-state index is 12.8. The first kappa shape index (κ1) is 20.1. The van der Waals surface area contributed by atoms with Crippen molar-refractivity contribution >= 4 is 19.4 Å². The summed E-state index contributed by atoms with van der Waals surface area (Å²) in [5.74, 6) is -2.68. The van der Waals surface area contributed by atoms with Gasteiger partial charge in [-0.1, -0.05) is 6.42 Å². The largest absolute Gasteiger partial charge is 0.369 e. The maximum Gasteiger partial charge on any atom is 0.343 e. The van der Waals surface area contributed by atoms with Gasteiger partial charge in [0.25, 0.3) is 0 Å². The van der Waals surface area contributed by atoms with E-state index in [2.05, 4.69) is 0 Å². The Morgan fingerprint density at radius 1 is 1.05 bits per heavy atom. The average Bonchev–Trinajstić information content (AvgIpc) is 2.37. The third kappa shape index (κ3) is 6.13. The molecule has 0 bridgehead atoms. The molecule has 0 radical (unpaired) electrons. The van der Waals surface area contributed by atoms with Crippen molar-refractivity contribution in [3.8, 4) is 0 Å². The Balaban J connectivity index is 5.41. The van der Waals surface area contributed by atoms with Crippen LogP contribution in [-0.2, 0) is 23.2 Å². The van der Waals surface area contributed by atoms with Gasteiger partial charge in [-0.3, -0.25) is 14.2 Å². The van der Waals surface area contributed by atoms with Crippen molar-refractivity contribution in [1.82, 2.24) is 0 Å². The van der Waals surface area contributed by atoms with E-state index in [0.29, 0.717) is 19.4 Å². The lowest BCUT2D eigenvalue weighted by atomic mass is 9.97. The zero-order valence-corrected chi connectivity index (χ0v) is 13.5. The molecule has 0 aliphatic heterocycles. The average molecular weight is 323 g/mol. The predicted molar refractivity (Wildman–Crippen MR) is 79.4 cm³/mol. The van der Waals surface area contributed by atoms with Gasteiger partial charge in [-0.05, 0) is 33.2 Å². The number of rotatable bonds is 12. The summed E-state index contributed by atoms with van der Waals surface area (Å²) < 4.78 is 23.0. The minimum Gasteiger partial charge on any atom is -0.369 e. The minimum atomic E-state index is -3.85. The van der Waals surface area contributed by atoms with E-state index in [1.165, 1.54) is 0 Å². The van der Waals surface area contributed by atoms with Gasteiger partial charge in [0.05, 0.1) is 19.1 Å². The maximum atomic E-state index is 12.8. The van der Waals surface area contributed by atoms with Gasteiger partial charge in [-0.2, -0.15) is 0 Å². The van der Waals surface area contributed by atoms with Crippen molar-refractivity contribution in [2.45, 2.75) is 38.8 Å². The number of amides is 2. The fourth-order valence-electron chi connectivity index (χ4n) is 2.10. The first-order chi connectivity index (χ1) is 9.83. The molecular formula is C12H26N3O5P. The first-order valence-electron chi connectivity index (χ1n) is 7.01. The molecule has 0 aromatic heterocycles. The van der Waals surface area contributed by atoms with E-state index in [-0.39, 0.29) is 19.6 Å². The third-order valence-corrected chi connectivity index (χ3v) is 5.50. The van der Waals surface area contributed by atoms with Crippen molar-refractivity contribution < 1.29 is 23.2 Å². The summed E-state index contributed by atoms with van der Waals surface area (Å²) in [6, 6.07) is 0. The molecule has 0 rings (SSSR count). The Hall–Kier alpha value is -0.950. The first-order valence-corrected chi connectivity index (χ1v) is 8.62. The summed E-state index contributed by atoms with van der Waals surface area (Å²) in [6.45, 7) is 3.79. The number of carbonyl (C=O) groups excluding carboxylic acids is 2. The number of hydrogen-bond acceptors (Lipinski definition) is 6. The van der Waals surface area contributed by atoms with Gasteiger partial charge in [-0.15, -0.1) is 0 Å². The SMILES string of the molecule is CCOP(=O)(OCC)C(C(N)=O)C(CCCCN)C(N)=O. The van der Waals surface area contributed by atoms with E-state index >= 15 is 0 Å². The van der Waals surface area contributed by atoms with Crippen molar-refractivity contribution in [1.29, 1.82) is 0 Å². The molecule has 0 aromatic rings. The predicted octanol–water partition coefficient (Wildman–Crippen LogP) is 0.337. The highest BCUT2D eigenvalue weighted by molar-refractivity contribution is 7.55. The van der Waals surface area contributed by atoms with Gasteiger partial charge in [-0.25, -0.2) is 0 Å². The molecule has 21 heavy (non-hydrogen) atoms. The van der Waals surface area contributed by atoms with E-state index in [9.17, 15) is 14.2 Å². The second kappa shape index (κ2) is 9.89. The van der Waals surface area contributed by atoms with Crippen LogP contribution in [0.25, 0.3) is 0 Å². The van der Waals surface area contributed by atoms with Crippen molar-refractivity contribution in [3.05, 3.63) is 0 Å². The second-order valence-corrected chi connectivity index (χ2v) is 6.67. The van der Waals surface area contributed by atoms with Gasteiger partial charge in [0.1, 0.15) is 0 Å². The highest BCUT2D eigenvalue weighted by atomic mass is 31.2. The monoisotopic (exact) mass is 323 g/mol. The Kier molecular flexibility index (Phi) is 9.44. The highest BCUT2D eigenvalue weighted by Crippen LogP contribution is 2.56. The zero-order valence-electron chi connectivity index (χ0n) is 12.6. The summed E-state index contributed by atoms with van der Waals surface area (Å²) in [4.78, 5) is 23.4. The van der Waals surface area contributed by atoms with Crippen LogP contribution in [0.2, 0.25) is 0 Å². The number of primary amides is 2. The molecule has 0 fully saturated rings. The Bertz CT molecular complexity index is 381. The standard InChI is InChI=1S/C12H26N3O5P/c1-3-19-21(18,20-4-2)10(12(15)17)9(11(14)16)7-5-6-8-13/h9-10H,3-8,13H2,1-2H3,(H2,14,16)(H2,15,17). The molecule has 0 aromatic carbocycles. The van der Waals surface area contributed by atoms with Crippen molar-refractivity contribution in [2.75, 3.05) is 19.8 Å². The molecular weight excluding hydrogens is 297 g/mol. The summed E-state index contributed by atoms with van der Waals surface area (Å²) in [7, 11) is -3.85. The minimum absolute atomic E-state index is 0.0648. The van der Waals surface area contributed by atoms with Gasteiger partial charge >= 0.3 is 7.60 Å². The number of hydrogen-bond donors (Lipinski definition) is 3. The molecule has 9 heteroatoms. The van der Waals surface area contributed by atoms with E-state index in [4.69, 9.17) is 26.2 Å². The van der Waals surface area contributed by atoms with Crippen molar-refractivity contribution in [2.24, 2.45) is 23.1 Å². The van der Waals surface area contributed by atoms with Gasteiger partial charge in [0, 0.05) is 0 Å². The van der Waals surface area contributed by atoms with Crippen LogP contribution in [0.3, 0.4) is 0 Å². The smallest absolute Gasteiger partial charge is 0.343 e. The summed E-state index contributed by atoms with van der Waals surface area (Å²) >= 11 is 0.